The van der Waals surface area contributed by atoms with Gasteiger partial charge in [-0.1, -0.05) is 13.3 Å². The third-order valence-electron chi connectivity index (χ3n) is 5.12. The molecule has 1 N–H and O–H groups in total. The van der Waals surface area contributed by atoms with Crippen molar-refractivity contribution in [2.45, 2.75) is 58.4 Å². The number of rotatable bonds is 7. The van der Waals surface area contributed by atoms with Gasteiger partial charge in [0, 0.05) is 26.3 Å². The quantitative estimate of drug-likeness (QED) is 0.719. The summed E-state index contributed by atoms with van der Waals surface area (Å²) in [5.74, 6) is 0. The molecule has 0 spiro atoms. The van der Waals surface area contributed by atoms with Crippen LogP contribution in [-0.2, 0) is 4.74 Å². The van der Waals surface area contributed by atoms with Crippen molar-refractivity contribution >= 4 is 0 Å². The highest BCUT2D eigenvalue weighted by atomic mass is 16.5. The van der Waals surface area contributed by atoms with E-state index in [2.05, 4.69) is 19.2 Å². The molecule has 2 aliphatic rings. The van der Waals surface area contributed by atoms with E-state index >= 15 is 0 Å². The standard InChI is InChI=1S/C14H27NO/c1-12(13(2)7-8-13)15-11-14(5-4-6-14)9-10-16-3/h12,15H,4-11H2,1-3H3. The van der Waals surface area contributed by atoms with Gasteiger partial charge in [-0.05, 0) is 49.9 Å². The minimum atomic E-state index is 0.565. The molecule has 2 saturated carbocycles. The highest BCUT2D eigenvalue weighted by Crippen LogP contribution is 2.49. The van der Waals surface area contributed by atoms with Crippen LogP contribution in [-0.4, -0.2) is 26.3 Å². The molecule has 0 aliphatic heterocycles. The van der Waals surface area contributed by atoms with Crippen molar-refractivity contribution in [1.82, 2.24) is 5.32 Å². The van der Waals surface area contributed by atoms with E-state index in [-0.39, 0.29) is 0 Å². The molecule has 2 aliphatic carbocycles. The molecule has 0 bridgehead atoms. The van der Waals surface area contributed by atoms with Crippen LogP contribution in [0.4, 0.5) is 0 Å². The molecule has 1 atom stereocenters. The lowest BCUT2D eigenvalue weighted by atomic mass is 9.66. The number of ether oxygens (including phenoxy) is 1. The van der Waals surface area contributed by atoms with E-state index < -0.39 is 0 Å². The Morgan fingerprint density at radius 2 is 1.94 bits per heavy atom. The molecule has 0 amide bonds. The Morgan fingerprint density at radius 3 is 2.38 bits per heavy atom. The molecule has 94 valence electrons. The van der Waals surface area contributed by atoms with Crippen LogP contribution in [0.1, 0.15) is 52.4 Å². The lowest BCUT2D eigenvalue weighted by molar-refractivity contribution is 0.0644. The number of hydrogen-bond donors (Lipinski definition) is 1. The van der Waals surface area contributed by atoms with Crippen LogP contribution in [0.2, 0.25) is 0 Å². The Kier molecular flexibility index (Phi) is 3.60. The molecule has 16 heavy (non-hydrogen) atoms. The summed E-state index contributed by atoms with van der Waals surface area (Å²) < 4.78 is 5.23. The first-order valence-electron chi connectivity index (χ1n) is 6.83. The molecule has 0 saturated heterocycles. The van der Waals surface area contributed by atoms with Crippen molar-refractivity contribution in [3.63, 3.8) is 0 Å². The summed E-state index contributed by atoms with van der Waals surface area (Å²) in [5.41, 5.74) is 1.17. The summed E-state index contributed by atoms with van der Waals surface area (Å²) >= 11 is 0. The van der Waals surface area contributed by atoms with Crippen LogP contribution in [0, 0.1) is 10.8 Å². The normalized spacial score (nSPS) is 27.2. The van der Waals surface area contributed by atoms with E-state index in [1.165, 1.54) is 45.1 Å². The first-order valence-corrected chi connectivity index (χ1v) is 6.83. The maximum Gasteiger partial charge on any atom is 0.0468 e. The largest absolute Gasteiger partial charge is 0.385 e. The number of nitrogens with one attached hydrogen (secondary N) is 1. The average molecular weight is 225 g/mol. The van der Waals surface area contributed by atoms with E-state index in [1.807, 2.05) is 7.11 Å². The van der Waals surface area contributed by atoms with Gasteiger partial charge < -0.3 is 10.1 Å². The van der Waals surface area contributed by atoms with E-state index in [0.717, 1.165) is 6.61 Å². The molecule has 2 rings (SSSR count). The van der Waals surface area contributed by atoms with Gasteiger partial charge in [0.25, 0.3) is 0 Å². The van der Waals surface area contributed by atoms with Gasteiger partial charge >= 0.3 is 0 Å². The minimum Gasteiger partial charge on any atom is -0.385 e. The second-order valence-electron chi connectivity index (χ2n) is 6.35. The fourth-order valence-corrected chi connectivity index (χ4v) is 2.76. The summed E-state index contributed by atoms with van der Waals surface area (Å²) in [7, 11) is 1.81. The SMILES string of the molecule is COCCC1(CNC(C)C2(C)CC2)CCC1. The van der Waals surface area contributed by atoms with E-state index in [9.17, 15) is 0 Å². The smallest absolute Gasteiger partial charge is 0.0468 e. The first-order chi connectivity index (χ1) is 7.60. The van der Waals surface area contributed by atoms with Crippen LogP contribution < -0.4 is 5.32 Å². The highest BCUT2D eigenvalue weighted by molar-refractivity contribution is 4.98. The van der Waals surface area contributed by atoms with Gasteiger partial charge in [-0.3, -0.25) is 0 Å². The third kappa shape index (κ3) is 2.60. The second kappa shape index (κ2) is 4.66. The third-order valence-corrected chi connectivity index (χ3v) is 5.12. The van der Waals surface area contributed by atoms with Crippen molar-refractivity contribution in [3.8, 4) is 0 Å². The zero-order chi connectivity index (χ0) is 11.6. The Hall–Kier alpha value is -0.0800. The van der Waals surface area contributed by atoms with E-state index in [4.69, 9.17) is 4.74 Å². The highest BCUT2D eigenvalue weighted by Gasteiger charge is 2.44. The van der Waals surface area contributed by atoms with Crippen molar-refractivity contribution in [3.05, 3.63) is 0 Å². The monoisotopic (exact) mass is 225 g/mol. The van der Waals surface area contributed by atoms with Gasteiger partial charge in [-0.15, -0.1) is 0 Å². The van der Waals surface area contributed by atoms with Gasteiger partial charge in [0.1, 0.15) is 0 Å². The van der Waals surface area contributed by atoms with Crippen LogP contribution >= 0.6 is 0 Å². The Balaban J connectivity index is 1.74. The molecule has 2 nitrogen and oxygen atoms in total. The van der Waals surface area contributed by atoms with Crippen LogP contribution in [0.25, 0.3) is 0 Å². The topological polar surface area (TPSA) is 21.3 Å². The molecule has 0 aromatic carbocycles. The molecule has 0 heterocycles. The predicted octanol–water partition coefficient (Wildman–Crippen LogP) is 2.97. The number of methoxy groups -OCH3 is 1. The molecule has 2 heteroatoms. The summed E-state index contributed by atoms with van der Waals surface area (Å²) in [5, 5.41) is 3.78. The zero-order valence-electron chi connectivity index (χ0n) is 11.1. The maximum atomic E-state index is 5.23. The lowest BCUT2D eigenvalue weighted by Gasteiger charge is -2.43. The zero-order valence-corrected chi connectivity index (χ0v) is 11.1. The minimum absolute atomic E-state index is 0.565. The Bertz CT molecular complexity index is 231. The molecule has 0 aromatic heterocycles. The average Bonchev–Trinajstić information content (AvgIpc) is 2.95. The Labute approximate surface area is 100 Å². The molecular formula is C14H27NO. The molecule has 0 aromatic rings. The van der Waals surface area contributed by atoms with Gasteiger partial charge in [-0.2, -0.15) is 0 Å². The molecule has 0 radical (unpaired) electrons. The van der Waals surface area contributed by atoms with E-state index in [1.54, 1.807) is 0 Å². The van der Waals surface area contributed by atoms with Gasteiger partial charge in [0.05, 0.1) is 0 Å². The van der Waals surface area contributed by atoms with Crippen LogP contribution in [0.5, 0.6) is 0 Å². The van der Waals surface area contributed by atoms with Crippen molar-refractivity contribution in [2.24, 2.45) is 10.8 Å². The summed E-state index contributed by atoms with van der Waals surface area (Å²) in [6.45, 7) is 6.89. The fourth-order valence-electron chi connectivity index (χ4n) is 2.76. The van der Waals surface area contributed by atoms with Crippen molar-refractivity contribution in [1.29, 1.82) is 0 Å². The van der Waals surface area contributed by atoms with Crippen molar-refractivity contribution < 1.29 is 4.74 Å². The second-order valence-corrected chi connectivity index (χ2v) is 6.35. The fraction of sp³-hybridized carbons (Fsp3) is 1.00. The molecule has 2 fully saturated rings. The summed E-state index contributed by atoms with van der Waals surface area (Å²) in [4.78, 5) is 0. The van der Waals surface area contributed by atoms with Crippen molar-refractivity contribution in [2.75, 3.05) is 20.3 Å². The number of hydrogen-bond acceptors (Lipinski definition) is 2. The molecule has 1 unspecified atom stereocenters. The first kappa shape index (κ1) is 12.4. The summed E-state index contributed by atoms with van der Waals surface area (Å²) in [6, 6.07) is 0.688. The molecular weight excluding hydrogens is 198 g/mol. The van der Waals surface area contributed by atoms with Crippen LogP contribution in [0.15, 0.2) is 0 Å². The summed E-state index contributed by atoms with van der Waals surface area (Å²) in [6.07, 6.45) is 8.26. The van der Waals surface area contributed by atoms with Gasteiger partial charge in [-0.25, -0.2) is 0 Å². The van der Waals surface area contributed by atoms with E-state index in [0.29, 0.717) is 16.9 Å². The van der Waals surface area contributed by atoms with Gasteiger partial charge in [0.2, 0.25) is 0 Å². The van der Waals surface area contributed by atoms with Crippen LogP contribution in [0.3, 0.4) is 0 Å². The predicted molar refractivity (Wildman–Crippen MR) is 67.6 cm³/mol. The van der Waals surface area contributed by atoms with Gasteiger partial charge in [0.15, 0.2) is 0 Å². The lowest BCUT2D eigenvalue weighted by Crippen LogP contribution is -2.45. The maximum absolute atomic E-state index is 5.23. The Morgan fingerprint density at radius 1 is 1.25 bits per heavy atom.